The Bertz CT molecular complexity index is 837. The number of hydrogen-bond donors (Lipinski definition) is 4. The van der Waals surface area contributed by atoms with Gasteiger partial charge in [-0.1, -0.05) is 6.07 Å². The highest BCUT2D eigenvalue weighted by Gasteiger charge is 2.08. The van der Waals surface area contributed by atoms with Crippen LogP contribution in [0.25, 0.3) is 10.8 Å². The standard InChI is InChI=1S/C11H13N3O5S/c15-10-7-3-1-4-8(9(7)11(16)14-13-10)12-5-2-6-20(17,18)19/h1,3-4,12H,2,5-6H2,(H,13,15)(H,14,16)(H,17,18,19). The fraction of sp³-hybridized carbons (Fsp3) is 0.273. The molecule has 0 bridgehead atoms. The third-order valence-electron chi connectivity index (χ3n) is 2.72. The molecule has 0 saturated carbocycles. The molecule has 20 heavy (non-hydrogen) atoms. The van der Waals surface area contributed by atoms with E-state index < -0.39 is 21.2 Å². The first kappa shape index (κ1) is 14.3. The molecule has 4 N–H and O–H groups in total. The van der Waals surface area contributed by atoms with E-state index in [1.165, 1.54) is 6.07 Å². The van der Waals surface area contributed by atoms with Crippen molar-refractivity contribution in [1.82, 2.24) is 10.2 Å². The maximum Gasteiger partial charge on any atom is 0.272 e. The summed E-state index contributed by atoms with van der Waals surface area (Å²) < 4.78 is 29.8. The second kappa shape index (κ2) is 5.47. The molecule has 9 heteroatoms. The SMILES string of the molecule is O=c1[nH][nH]c(=O)c2c(NCCCS(=O)(=O)O)cccc12. The molecule has 0 aliphatic heterocycles. The summed E-state index contributed by atoms with van der Waals surface area (Å²) >= 11 is 0. The molecule has 108 valence electrons. The highest BCUT2D eigenvalue weighted by Crippen LogP contribution is 2.16. The Morgan fingerprint density at radius 2 is 1.85 bits per heavy atom. The van der Waals surface area contributed by atoms with Crippen LogP contribution in [0, 0.1) is 0 Å². The minimum atomic E-state index is -4.00. The molecule has 0 saturated heterocycles. The minimum Gasteiger partial charge on any atom is -0.384 e. The van der Waals surface area contributed by atoms with Crippen molar-refractivity contribution >= 4 is 26.6 Å². The van der Waals surface area contributed by atoms with Gasteiger partial charge in [-0.2, -0.15) is 8.42 Å². The molecule has 0 atom stereocenters. The van der Waals surface area contributed by atoms with Crippen LogP contribution in [-0.4, -0.2) is 35.5 Å². The number of H-pyrrole nitrogens is 2. The van der Waals surface area contributed by atoms with E-state index in [0.29, 0.717) is 5.69 Å². The smallest absolute Gasteiger partial charge is 0.272 e. The largest absolute Gasteiger partial charge is 0.384 e. The van der Waals surface area contributed by atoms with Crippen LogP contribution in [0.4, 0.5) is 5.69 Å². The number of hydrogen-bond acceptors (Lipinski definition) is 5. The number of nitrogens with one attached hydrogen (secondary N) is 3. The van der Waals surface area contributed by atoms with Crippen LogP contribution < -0.4 is 16.4 Å². The van der Waals surface area contributed by atoms with E-state index in [1.807, 2.05) is 0 Å². The summed E-state index contributed by atoms with van der Waals surface area (Å²) in [7, 11) is -4.00. The molecule has 2 aromatic rings. The topological polar surface area (TPSA) is 132 Å². The number of aromatic nitrogens is 2. The summed E-state index contributed by atoms with van der Waals surface area (Å²) in [6, 6.07) is 4.75. The molecule has 0 fully saturated rings. The number of aromatic amines is 2. The lowest BCUT2D eigenvalue weighted by atomic mass is 10.1. The van der Waals surface area contributed by atoms with E-state index in [2.05, 4.69) is 15.5 Å². The minimum absolute atomic E-state index is 0.177. The summed E-state index contributed by atoms with van der Waals surface area (Å²) in [5, 5.41) is 7.79. The van der Waals surface area contributed by atoms with E-state index in [9.17, 15) is 18.0 Å². The first-order chi connectivity index (χ1) is 9.38. The van der Waals surface area contributed by atoms with Crippen LogP contribution >= 0.6 is 0 Å². The van der Waals surface area contributed by atoms with Gasteiger partial charge in [-0.15, -0.1) is 0 Å². The summed E-state index contributed by atoms with van der Waals surface area (Å²) in [5.74, 6) is -0.373. The molecule has 8 nitrogen and oxygen atoms in total. The van der Waals surface area contributed by atoms with Gasteiger partial charge in [-0.3, -0.25) is 24.3 Å². The first-order valence-corrected chi connectivity index (χ1v) is 7.42. The highest BCUT2D eigenvalue weighted by atomic mass is 32.2. The quantitative estimate of drug-likeness (QED) is 0.450. The van der Waals surface area contributed by atoms with Gasteiger partial charge < -0.3 is 5.32 Å². The highest BCUT2D eigenvalue weighted by molar-refractivity contribution is 7.85. The molecule has 1 heterocycles. The molecule has 0 spiro atoms. The zero-order valence-electron chi connectivity index (χ0n) is 10.3. The van der Waals surface area contributed by atoms with Crippen LogP contribution in [0.5, 0.6) is 0 Å². The Morgan fingerprint density at radius 1 is 1.15 bits per heavy atom. The van der Waals surface area contributed by atoms with Crippen molar-refractivity contribution in [3.63, 3.8) is 0 Å². The molecule has 0 aliphatic carbocycles. The van der Waals surface area contributed by atoms with Crippen molar-refractivity contribution in [2.75, 3.05) is 17.6 Å². The third kappa shape index (κ3) is 3.25. The molecular formula is C11H13N3O5S. The average molecular weight is 299 g/mol. The predicted octanol–water partition coefficient (Wildman–Crippen LogP) is -0.0938. The maximum atomic E-state index is 11.7. The van der Waals surface area contributed by atoms with Gasteiger partial charge in [-0.25, -0.2) is 0 Å². The van der Waals surface area contributed by atoms with E-state index >= 15 is 0 Å². The van der Waals surface area contributed by atoms with Crippen molar-refractivity contribution in [2.45, 2.75) is 6.42 Å². The van der Waals surface area contributed by atoms with Crippen LogP contribution in [0.15, 0.2) is 27.8 Å². The van der Waals surface area contributed by atoms with Gasteiger partial charge in [0, 0.05) is 12.2 Å². The van der Waals surface area contributed by atoms with Crippen molar-refractivity contribution in [3.05, 3.63) is 38.9 Å². The summed E-state index contributed by atoms with van der Waals surface area (Å²) in [4.78, 5) is 23.3. The zero-order chi connectivity index (χ0) is 14.8. The van der Waals surface area contributed by atoms with Crippen LogP contribution in [0.1, 0.15) is 6.42 Å². The van der Waals surface area contributed by atoms with Crippen molar-refractivity contribution < 1.29 is 13.0 Å². The third-order valence-corrected chi connectivity index (χ3v) is 3.52. The molecule has 1 aromatic heterocycles. The predicted molar refractivity (Wildman–Crippen MR) is 74.7 cm³/mol. The van der Waals surface area contributed by atoms with E-state index in [0.717, 1.165) is 0 Å². The normalized spacial score (nSPS) is 11.7. The molecule has 0 unspecified atom stereocenters. The van der Waals surface area contributed by atoms with Crippen LogP contribution in [0.3, 0.4) is 0 Å². The van der Waals surface area contributed by atoms with Crippen LogP contribution in [-0.2, 0) is 10.1 Å². The van der Waals surface area contributed by atoms with E-state index in [1.54, 1.807) is 12.1 Å². The van der Waals surface area contributed by atoms with Crippen molar-refractivity contribution in [1.29, 1.82) is 0 Å². The second-order valence-electron chi connectivity index (χ2n) is 4.20. The van der Waals surface area contributed by atoms with Crippen LogP contribution in [0.2, 0.25) is 0 Å². The Hall–Kier alpha value is -2.13. The van der Waals surface area contributed by atoms with Gasteiger partial charge in [0.2, 0.25) is 0 Å². The lowest BCUT2D eigenvalue weighted by Gasteiger charge is -2.08. The lowest BCUT2D eigenvalue weighted by molar-refractivity contribution is 0.481. The van der Waals surface area contributed by atoms with Gasteiger partial charge in [0.05, 0.1) is 16.5 Å². The summed E-state index contributed by atoms with van der Waals surface area (Å²) in [5.41, 5.74) is -0.427. The zero-order valence-corrected chi connectivity index (χ0v) is 11.2. The molecule has 1 aromatic carbocycles. The van der Waals surface area contributed by atoms with Gasteiger partial charge in [0.25, 0.3) is 21.2 Å². The van der Waals surface area contributed by atoms with Crippen molar-refractivity contribution in [2.24, 2.45) is 0 Å². The fourth-order valence-corrected chi connectivity index (χ4v) is 2.36. The monoisotopic (exact) mass is 299 g/mol. The molecule has 2 rings (SSSR count). The van der Waals surface area contributed by atoms with Crippen molar-refractivity contribution in [3.8, 4) is 0 Å². The molecule has 0 amide bonds. The Kier molecular flexibility index (Phi) is 3.91. The van der Waals surface area contributed by atoms with E-state index in [-0.39, 0.29) is 29.5 Å². The fourth-order valence-electron chi connectivity index (χ4n) is 1.85. The number of anilines is 1. The Balaban J connectivity index is 2.25. The van der Waals surface area contributed by atoms with Gasteiger partial charge in [-0.05, 0) is 18.6 Å². The summed E-state index contributed by atoms with van der Waals surface area (Å²) in [6.07, 6.45) is 0.177. The second-order valence-corrected chi connectivity index (χ2v) is 5.77. The van der Waals surface area contributed by atoms with Gasteiger partial charge in [0.1, 0.15) is 0 Å². The number of benzene rings is 1. The number of rotatable bonds is 5. The lowest BCUT2D eigenvalue weighted by Crippen LogP contribution is -2.20. The average Bonchev–Trinajstić information content (AvgIpc) is 2.38. The van der Waals surface area contributed by atoms with Gasteiger partial charge in [0.15, 0.2) is 0 Å². The number of fused-ring (bicyclic) bond motifs is 1. The Labute approximate surface area is 113 Å². The van der Waals surface area contributed by atoms with Gasteiger partial charge >= 0.3 is 0 Å². The molecular weight excluding hydrogens is 286 g/mol. The molecule has 0 radical (unpaired) electrons. The summed E-state index contributed by atoms with van der Waals surface area (Å²) in [6.45, 7) is 0.241. The Morgan fingerprint density at radius 3 is 2.55 bits per heavy atom. The first-order valence-electron chi connectivity index (χ1n) is 5.81. The maximum absolute atomic E-state index is 11.7. The molecule has 0 aliphatic rings. The van der Waals surface area contributed by atoms with E-state index in [4.69, 9.17) is 4.55 Å².